The Balaban J connectivity index is 2.20. The Morgan fingerprint density at radius 1 is 1.38 bits per heavy atom. The maximum Gasteiger partial charge on any atom is 0.0946 e. The minimum absolute atomic E-state index is 0.225. The average molecular weight is 236 g/mol. The van der Waals surface area contributed by atoms with Gasteiger partial charge in [0.1, 0.15) is 0 Å². The predicted molar refractivity (Wildman–Crippen MR) is 65.5 cm³/mol. The van der Waals surface area contributed by atoms with Gasteiger partial charge in [-0.1, -0.05) is 29.8 Å². The van der Waals surface area contributed by atoms with Crippen LogP contribution >= 0.6 is 11.6 Å². The molecule has 0 aliphatic carbocycles. The molecule has 0 spiro atoms. The van der Waals surface area contributed by atoms with Gasteiger partial charge in [0, 0.05) is 36.4 Å². The normalized spacial score (nSPS) is 12.6. The van der Waals surface area contributed by atoms with Crippen LogP contribution in [0, 0.1) is 0 Å². The van der Waals surface area contributed by atoms with Crippen molar-refractivity contribution in [3.63, 3.8) is 0 Å². The largest absolute Gasteiger partial charge is 0.337 e. The van der Waals surface area contributed by atoms with Gasteiger partial charge >= 0.3 is 0 Å². The molecule has 1 unspecified atom stereocenters. The van der Waals surface area contributed by atoms with Gasteiger partial charge in [-0.15, -0.1) is 0 Å². The Morgan fingerprint density at radius 3 is 2.81 bits per heavy atom. The summed E-state index contributed by atoms with van der Waals surface area (Å²) in [5.74, 6) is 0.225. The van der Waals surface area contributed by atoms with E-state index >= 15 is 0 Å². The van der Waals surface area contributed by atoms with Gasteiger partial charge in [-0.2, -0.15) is 0 Å². The fourth-order valence-corrected chi connectivity index (χ4v) is 2.05. The Morgan fingerprint density at radius 2 is 2.19 bits per heavy atom. The second-order valence-corrected chi connectivity index (χ2v) is 4.12. The summed E-state index contributed by atoms with van der Waals surface area (Å²) in [6.45, 7) is 1.38. The highest BCUT2D eigenvalue weighted by atomic mass is 35.5. The first-order valence-electron chi connectivity index (χ1n) is 5.21. The molecule has 1 aromatic heterocycles. The van der Waals surface area contributed by atoms with Crippen LogP contribution in [0.15, 0.2) is 43.0 Å². The number of hydrogen-bond donors (Lipinski definition) is 1. The molecule has 2 N–H and O–H groups in total. The van der Waals surface area contributed by atoms with Crippen LogP contribution in [0.3, 0.4) is 0 Å². The molecule has 0 fully saturated rings. The molecule has 0 saturated heterocycles. The predicted octanol–water partition coefficient (Wildman–Crippen LogP) is 2.28. The van der Waals surface area contributed by atoms with Gasteiger partial charge in [0.05, 0.1) is 6.33 Å². The minimum Gasteiger partial charge on any atom is -0.337 e. The molecule has 0 aliphatic heterocycles. The van der Waals surface area contributed by atoms with Crippen molar-refractivity contribution in [2.45, 2.75) is 12.5 Å². The van der Waals surface area contributed by atoms with Gasteiger partial charge < -0.3 is 10.3 Å². The van der Waals surface area contributed by atoms with Gasteiger partial charge in [0.15, 0.2) is 0 Å². The highest BCUT2D eigenvalue weighted by Gasteiger charge is 2.13. The first-order chi connectivity index (χ1) is 7.81. The van der Waals surface area contributed by atoms with Gasteiger partial charge in [0.2, 0.25) is 0 Å². The van der Waals surface area contributed by atoms with Crippen molar-refractivity contribution >= 4 is 11.6 Å². The zero-order valence-corrected chi connectivity index (χ0v) is 9.64. The van der Waals surface area contributed by atoms with Crippen LogP contribution < -0.4 is 5.73 Å². The molecule has 16 heavy (non-hydrogen) atoms. The van der Waals surface area contributed by atoms with Crippen LogP contribution in [-0.4, -0.2) is 16.1 Å². The van der Waals surface area contributed by atoms with Crippen LogP contribution in [0.4, 0.5) is 0 Å². The number of nitrogens with two attached hydrogens (primary N) is 1. The third kappa shape index (κ3) is 2.43. The van der Waals surface area contributed by atoms with E-state index in [0.29, 0.717) is 6.54 Å². The highest BCUT2D eigenvalue weighted by molar-refractivity contribution is 6.31. The summed E-state index contributed by atoms with van der Waals surface area (Å²) >= 11 is 6.16. The van der Waals surface area contributed by atoms with Crippen LogP contribution in [0.2, 0.25) is 5.02 Å². The van der Waals surface area contributed by atoms with E-state index < -0.39 is 0 Å². The van der Waals surface area contributed by atoms with Crippen molar-refractivity contribution in [2.24, 2.45) is 5.73 Å². The summed E-state index contributed by atoms with van der Waals surface area (Å²) in [6, 6.07) is 7.83. The minimum atomic E-state index is 0.225. The van der Waals surface area contributed by atoms with Gasteiger partial charge in [-0.3, -0.25) is 0 Å². The number of hydrogen-bond acceptors (Lipinski definition) is 2. The molecule has 0 saturated carbocycles. The van der Waals surface area contributed by atoms with E-state index in [0.717, 1.165) is 17.1 Å². The fraction of sp³-hybridized carbons (Fsp3) is 0.250. The zero-order valence-electron chi connectivity index (χ0n) is 8.88. The lowest BCUT2D eigenvalue weighted by molar-refractivity contribution is 0.566. The number of nitrogens with zero attached hydrogens (tertiary/aromatic N) is 2. The van der Waals surface area contributed by atoms with Crippen molar-refractivity contribution in [1.29, 1.82) is 0 Å². The zero-order chi connectivity index (χ0) is 11.4. The topological polar surface area (TPSA) is 43.8 Å². The SMILES string of the molecule is NCC(Cn1ccnc1)c1ccccc1Cl. The molecule has 1 aromatic carbocycles. The lowest BCUT2D eigenvalue weighted by Gasteiger charge is -2.17. The van der Waals surface area contributed by atoms with E-state index in [9.17, 15) is 0 Å². The van der Waals surface area contributed by atoms with Crippen molar-refractivity contribution in [2.75, 3.05) is 6.54 Å². The number of benzene rings is 1. The first kappa shape index (κ1) is 11.2. The van der Waals surface area contributed by atoms with Crippen molar-refractivity contribution in [1.82, 2.24) is 9.55 Å². The van der Waals surface area contributed by atoms with Crippen molar-refractivity contribution < 1.29 is 0 Å². The van der Waals surface area contributed by atoms with Gasteiger partial charge in [0.25, 0.3) is 0 Å². The van der Waals surface area contributed by atoms with Crippen LogP contribution in [0.25, 0.3) is 0 Å². The molecule has 0 bridgehead atoms. The monoisotopic (exact) mass is 235 g/mol. The second-order valence-electron chi connectivity index (χ2n) is 3.71. The molecule has 0 aliphatic rings. The van der Waals surface area contributed by atoms with E-state index in [1.165, 1.54) is 0 Å². The number of imidazole rings is 1. The summed E-state index contributed by atoms with van der Waals surface area (Å²) in [5, 5.41) is 0.776. The lowest BCUT2D eigenvalue weighted by atomic mass is 9.99. The number of rotatable bonds is 4. The average Bonchev–Trinajstić information content (AvgIpc) is 2.80. The number of aromatic nitrogens is 2. The molecule has 1 atom stereocenters. The summed E-state index contributed by atoms with van der Waals surface area (Å²) in [4.78, 5) is 4.01. The smallest absolute Gasteiger partial charge is 0.0946 e. The summed E-state index contributed by atoms with van der Waals surface area (Å²) in [5.41, 5.74) is 6.90. The van der Waals surface area contributed by atoms with E-state index in [2.05, 4.69) is 4.98 Å². The standard InChI is InChI=1S/C12H14ClN3/c13-12-4-2-1-3-11(12)10(7-14)8-16-6-5-15-9-16/h1-6,9-10H,7-8,14H2. The van der Waals surface area contributed by atoms with E-state index in [-0.39, 0.29) is 5.92 Å². The maximum absolute atomic E-state index is 6.16. The Hall–Kier alpha value is -1.32. The third-order valence-corrected chi connectivity index (χ3v) is 2.96. The summed E-state index contributed by atoms with van der Waals surface area (Å²) in [6.07, 6.45) is 5.49. The van der Waals surface area contributed by atoms with E-state index in [1.807, 2.05) is 35.0 Å². The van der Waals surface area contributed by atoms with Crippen LogP contribution in [0.5, 0.6) is 0 Å². The lowest BCUT2D eigenvalue weighted by Crippen LogP contribution is -2.18. The molecule has 2 aromatic rings. The molecule has 0 amide bonds. The molecule has 2 rings (SSSR count). The molecule has 0 radical (unpaired) electrons. The second kappa shape index (κ2) is 5.14. The van der Waals surface area contributed by atoms with E-state index in [1.54, 1.807) is 12.5 Å². The molecule has 4 heteroatoms. The van der Waals surface area contributed by atoms with Gasteiger partial charge in [-0.25, -0.2) is 4.98 Å². The van der Waals surface area contributed by atoms with Crippen molar-refractivity contribution in [3.8, 4) is 0 Å². The summed E-state index contributed by atoms with van der Waals surface area (Å²) in [7, 11) is 0. The van der Waals surface area contributed by atoms with E-state index in [4.69, 9.17) is 17.3 Å². The fourth-order valence-electron chi connectivity index (χ4n) is 1.76. The highest BCUT2D eigenvalue weighted by Crippen LogP contribution is 2.24. The third-order valence-electron chi connectivity index (χ3n) is 2.62. The first-order valence-corrected chi connectivity index (χ1v) is 5.59. The molecule has 1 heterocycles. The van der Waals surface area contributed by atoms with Crippen molar-refractivity contribution in [3.05, 3.63) is 53.6 Å². The van der Waals surface area contributed by atoms with Crippen LogP contribution in [0.1, 0.15) is 11.5 Å². The van der Waals surface area contributed by atoms with Gasteiger partial charge in [-0.05, 0) is 11.6 Å². The Labute approximate surface area is 99.9 Å². The number of halogens is 1. The molecular formula is C12H14ClN3. The maximum atomic E-state index is 6.16. The Bertz CT molecular complexity index is 439. The summed E-state index contributed by atoms with van der Waals surface area (Å²) < 4.78 is 2.01. The molecule has 84 valence electrons. The molecule has 3 nitrogen and oxygen atoms in total. The molecular weight excluding hydrogens is 222 g/mol. The van der Waals surface area contributed by atoms with Crippen LogP contribution in [-0.2, 0) is 6.54 Å². The Kier molecular flexibility index (Phi) is 3.59. The quantitative estimate of drug-likeness (QED) is 0.884.